The summed E-state index contributed by atoms with van der Waals surface area (Å²) < 4.78 is 0. The van der Waals surface area contributed by atoms with Gasteiger partial charge in [0, 0.05) is 25.7 Å². The number of piperazine rings is 1. The number of hydrogen-bond acceptors (Lipinski definition) is 3. The lowest BCUT2D eigenvalue weighted by Crippen LogP contribution is -2.49. The molecule has 0 aromatic heterocycles. The zero-order valence-electron chi connectivity index (χ0n) is 11.4. The lowest BCUT2D eigenvalue weighted by Gasteiger charge is -2.30. The summed E-state index contributed by atoms with van der Waals surface area (Å²) in [6, 6.07) is 11.3. The zero-order chi connectivity index (χ0) is 12.6. The lowest BCUT2D eigenvalue weighted by atomic mass is 10.1. The van der Waals surface area contributed by atoms with Crippen molar-refractivity contribution in [1.82, 2.24) is 15.5 Å². The maximum atomic E-state index is 3.58. The third-order valence-electron chi connectivity index (χ3n) is 3.56. The molecule has 0 radical (unpaired) electrons. The molecule has 1 aliphatic heterocycles. The second-order valence-electron chi connectivity index (χ2n) is 5.19. The van der Waals surface area contributed by atoms with Crippen LogP contribution in [-0.2, 0) is 6.42 Å². The van der Waals surface area contributed by atoms with E-state index >= 15 is 0 Å². The molecule has 2 rings (SSSR count). The highest BCUT2D eigenvalue weighted by Gasteiger charge is 2.15. The van der Waals surface area contributed by atoms with E-state index in [1.165, 1.54) is 25.1 Å². The molecular formula is C15H25N3. The van der Waals surface area contributed by atoms with Crippen molar-refractivity contribution in [2.24, 2.45) is 0 Å². The van der Waals surface area contributed by atoms with Gasteiger partial charge in [0.05, 0.1) is 0 Å². The molecule has 1 aromatic rings. The molecule has 1 atom stereocenters. The molecule has 1 heterocycles. The van der Waals surface area contributed by atoms with Gasteiger partial charge in [-0.3, -0.25) is 0 Å². The number of benzene rings is 1. The molecule has 0 saturated carbocycles. The van der Waals surface area contributed by atoms with Crippen LogP contribution in [0.5, 0.6) is 0 Å². The van der Waals surface area contributed by atoms with Crippen molar-refractivity contribution >= 4 is 0 Å². The van der Waals surface area contributed by atoms with Crippen molar-refractivity contribution in [3.05, 3.63) is 35.9 Å². The lowest BCUT2D eigenvalue weighted by molar-refractivity contribution is 0.231. The second-order valence-corrected chi connectivity index (χ2v) is 5.19. The molecule has 0 aliphatic carbocycles. The van der Waals surface area contributed by atoms with E-state index < -0.39 is 0 Å². The van der Waals surface area contributed by atoms with Crippen LogP contribution in [0.1, 0.15) is 12.0 Å². The van der Waals surface area contributed by atoms with Crippen LogP contribution in [0.25, 0.3) is 0 Å². The fraction of sp³-hybridized carbons (Fsp3) is 0.600. The van der Waals surface area contributed by atoms with Gasteiger partial charge in [0.15, 0.2) is 0 Å². The van der Waals surface area contributed by atoms with E-state index in [4.69, 9.17) is 0 Å². The Kier molecular flexibility index (Phi) is 5.65. The number of hydrogen-bond donors (Lipinski definition) is 2. The monoisotopic (exact) mass is 247 g/mol. The van der Waals surface area contributed by atoms with Gasteiger partial charge in [0.2, 0.25) is 0 Å². The van der Waals surface area contributed by atoms with Gasteiger partial charge < -0.3 is 15.5 Å². The molecular weight excluding hydrogens is 222 g/mol. The van der Waals surface area contributed by atoms with Crippen molar-refractivity contribution in [2.45, 2.75) is 18.9 Å². The first-order valence-corrected chi connectivity index (χ1v) is 7.01. The van der Waals surface area contributed by atoms with E-state index in [9.17, 15) is 0 Å². The summed E-state index contributed by atoms with van der Waals surface area (Å²) >= 11 is 0. The predicted octanol–water partition coefficient (Wildman–Crippen LogP) is 1.11. The average molecular weight is 247 g/mol. The Labute approximate surface area is 111 Å². The fourth-order valence-corrected chi connectivity index (χ4v) is 2.46. The van der Waals surface area contributed by atoms with Crippen LogP contribution >= 0.6 is 0 Å². The molecule has 100 valence electrons. The van der Waals surface area contributed by atoms with Crippen LogP contribution in [0.4, 0.5) is 0 Å². The van der Waals surface area contributed by atoms with Gasteiger partial charge in [-0.2, -0.15) is 0 Å². The second kappa shape index (κ2) is 7.52. The van der Waals surface area contributed by atoms with Crippen LogP contribution in [-0.4, -0.2) is 50.7 Å². The van der Waals surface area contributed by atoms with Crippen molar-refractivity contribution in [1.29, 1.82) is 0 Å². The van der Waals surface area contributed by atoms with Gasteiger partial charge >= 0.3 is 0 Å². The largest absolute Gasteiger partial charge is 0.316 e. The Hall–Kier alpha value is -0.900. The first-order chi connectivity index (χ1) is 8.84. The Morgan fingerprint density at radius 3 is 2.89 bits per heavy atom. The fourth-order valence-electron chi connectivity index (χ4n) is 2.46. The van der Waals surface area contributed by atoms with Crippen molar-refractivity contribution in [2.75, 3.05) is 39.8 Å². The first kappa shape index (κ1) is 13.5. The minimum atomic E-state index is 0.660. The van der Waals surface area contributed by atoms with E-state index in [0.717, 1.165) is 26.1 Å². The van der Waals surface area contributed by atoms with Gasteiger partial charge in [0.1, 0.15) is 0 Å². The summed E-state index contributed by atoms with van der Waals surface area (Å²) in [5, 5.41) is 7.11. The van der Waals surface area contributed by atoms with Crippen LogP contribution < -0.4 is 10.6 Å². The summed E-state index contributed by atoms with van der Waals surface area (Å²) in [5.74, 6) is 0. The maximum Gasteiger partial charge on any atom is 0.0207 e. The van der Waals surface area contributed by atoms with Gasteiger partial charge in [-0.1, -0.05) is 30.3 Å². The Bertz CT molecular complexity index is 326. The predicted molar refractivity (Wildman–Crippen MR) is 76.9 cm³/mol. The molecule has 0 amide bonds. The minimum absolute atomic E-state index is 0.660. The summed E-state index contributed by atoms with van der Waals surface area (Å²) in [4.78, 5) is 2.41. The summed E-state index contributed by atoms with van der Waals surface area (Å²) in [6.45, 7) is 5.67. The van der Waals surface area contributed by atoms with Crippen molar-refractivity contribution in [3.8, 4) is 0 Å². The highest BCUT2D eigenvalue weighted by Crippen LogP contribution is 2.00. The summed E-state index contributed by atoms with van der Waals surface area (Å²) in [6.07, 6.45) is 2.35. The van der Waals surface area contributed by atoms with E-state index in [2.05, 4.69) is 52.9 Å². The van der Waals surface area contributed by atoms with Crippen molar-refractivity contribution < 1.29 is 0 Å². The smallest absolute Gasteiger partial charge is 0.0207 e. The molecule has 3 heteroatoms. The number of rotatable bonds is 6. The van der Waals surface area contributed by atoms with Crippen LogP contribution in [0.3, 0.4) is 0 Å². The van der Waals surface area contributed by atoms with Gasteiger partial charge in [-0.15, -0.1) is 0 Å². The highest BCUT2D eigenvalue weighted by atomic mass is 15.2. The molecule has 1 aliphatic rings. The molecule has 1 fully saturated rings. The van der Waals surface area contributed by atoms with Crippen LogP contribution in [0.2, 0.25) is 0 Å². The highest BCUT2D eigenvalue weighted by molar-refractivity contribution is 5.14. The van der Waals surface area contributed by atoms with E-state index in [0.29, 0.717) is 6.04 Å². The standard InChI is InChI=1S/C15H25N3/c1-18-12-11-17-15(13-18)8-10-16-9-7-14-5-3-2-4-6-14/h2-6,15-17H,7-13H2,1H3. The average Bonchev–Trinajstić information content (AvgIpc) is 2.40. The summed E-state index contributed by atoms with van der Waals surface area (Å²) in [7, 11) is 2.21. The van der Waals surface area contributed by atoms with Crippen LogP contribution in [0, 0.1) is 0 Å². The van der Waals surface area contributed by atoms with Gasteiger partial charge in [-0.25, -0.2) is 0 Å². The van der Waals surface area contributed by atoms with Crippen molar-refractivity contribution in [3.63, 3.8) is 0 Å². The van der Waals surface area contributed by atoms with Crippen LogP contribution in [0.15, 0.2) is 30.3 Å². The Morgan fingerprint density at radius 2 is 2.11 bits per heavy atom. The first-order valence-electron chi connectivity index (χ1n) is 7.01. The summed E-state index contributed by atoms with van der Waals surface area (Å²) in [5.41, 5.74) is 1.42. The normalized spacial score (nSPS) is 21.1. The van der Waals surface area contributed by atoms with Gasteiger partial charge in [0.25, 0.3) is 0 Å². The van der Waals surface area contributed by atoms with E-state index in [1.54, 1.807) is 0 Å². The maximum absolute atomic E-state index is 3.58. The molecule has 0 bridgehead atoms. The molecule has 3 nitrogen and oxygen atoms in total. The number of nitrogens with zero attached hydrogens (tertiary/aromatic N) is 1. The quantitative estimate of drug-likeness (QED) is 0.738. The third kappa shape index (κ3) is 4.77. The van der Waals surface area contributed by atoms with E-state index in [-0.39, 0.29) is 0 Å². The van der Waals surface area contributed by atoms with Gasteiger partial charge in [-0.05, 0) is 38.5 Å². The zero-order valence-corrected chi connectivity index (χ0v) is 11.4. The molecule has 18 heavy (non-hydrogen) atoms. The SMILES string of the molecule is CN1CCNC(CCNCCc2ccccc2)C1. The topological polar surface area (TPSA) is 27.3 Å². The molecule has 1 saturated heterocycles. The molecule has 0 spiro atoms. The number of nitrogens with one attached hydrogen (secondary N) is 2. The van der Waals surface area contributed by atoms with E-state index in [1.807, 2.05) is 0 Å². The number of likely N-dealkylation sites (N-methyl/N-ethyl adjacent to an activating group) is 1. The molecule has 2 N–H and O–H groups in total. The molecule has 1 aromatic carbocycles. The molecule has 1 unspecified atom stereocenters. The Balaban J connectivity index is 1.53. The minimum Gasteiger partial charge on any atom is -0.316 e. The Morgan fingerprint density at radius 1 is 1.28 bits per heavy atom. The third-order valence-corrected chi connectivity index (χ3v) is 3.56.